The van der Waals surface area contributed by atoms with Crippen LogP contribution in [0.3, 0.4) is 0 Å². The van der Waals surface area contributed by atoms with Gasteiger partial charge in [0.15, 0.2) is 11.6 Å². The molecule has 0 aromatic heterocycles. The zero-order valence-corrected chi connectivity index (χ0v) is 21.7. The van der Waals surface area contributed by atoms with Gasteiger partial charge in [-0.3, -0.25) is 4.79 Å². The first-order valence-corrected chi connectivity index (χ1v) is 14.3. The molecule has 4 atom stereocenters. The number of hydrogen-bond acceptors (Lipinski definition) is 3. The van der Waals surface area contributed by atoms with Crippen LogP contribution >= 0.6 is 0 Å². The summed E-state index contributed by atoms with van der Waals surface area (Å²) in [5.41, 5.74) is 0. The molecule has 4 rings (SSSR count). The Hall–Kier alpha value is -1.84. The van der Waals surface area contributed by atoms with Gasteiger partial charge in [-0.15, -0.1) is 0 Å². The molecule has 0 radical (unpaired) electrons. The average molecular weight is 485 g/mol. The third kappa shape index (κ3) is 6.89. The van der Waals surface area contributed by atoms with E-state index in [1.54, 1.807) is 12.1 Å². The maximum atomic E-state index is 14.5. The lowest BCUT2D eigenvalue weighted by Crippen LogP contribution is -2.40. The van der Waals surface area contributed by atoms with Crippen LogP contribution in [0.2, 0.25) is 0 Å². The minimum absolute atomic E-state index is 0.00691. The highest BCUT2D eigenvalue weighted by molar-refractivity contribution is 5.75. The first kappa shape index (κ1) is 26.2. The molecule has 0 heterocycles. The summed E-state index contributed by atoms with van der Waals surface area (Å²) < 4.78 is 25.5. The van der Waals surface area contributed by atoms with Crippen LogP contribution in [-0.4, -0.2) is 12.6 Å². The van der Waals surface area contributed by atoms with Crippen molar-refractivity contribution in [3.63, 3.8) is 0 Å². The predicted octanol–water partition coefficient (Wildman–Crippen LogP) is 8.52. The third-order valence-corrected chi connectivity index (χ3v) is 9.25. The Morgan fingerprint density at radius 1 is 1.03 bits per heavy atom. The lowest BCUT2D eigenvalue weighted by Gasteiger charge is -2.46. The maximum Gasteiger partial charge on any atom is 0.314 e. The Labute approximate surface area is 211 Å². The summed E-state index contributed by atoms with van der Waals surface area (Å²) in [6.45, 7) is 6.20. The van der Waals surface area contributed by atoms with Gasteiger partial charge in [-0.25, -0.2) is 4.39 Å². The number of unbranched alkanes of at least 4 members (excludes halogenated alkanes) is 2. The van der Waals surface area contributed by atoms with Crippen LogP contribution in [0.25, 0.3) is 0 Å². The predicted molar refractivity (Wildman–Crippen MR) is 139 cm³/mol. The molecule has 35 heavy (non-hydrogen) atoms. The molecular formula is C31H45FO3. The van der Waals surface area contributed by atoms with Gasteiger partial charge < -0.3 is 9.47 Å². The van der Waals surface area contributed by atoms with Gasteiger partial charge in [-0.05, 0) is 80.2 Å². The SMILES string of the molecule is C=CCOc1ccc(OC(=O)C2CCCC3CC(C4CCC(CCCCC)CC4)CCC32)c(F)c1. The summed E-state index contributed by atoms with van der Waals surface area (Å²) in [4.78, 5) is 13.1. The molecule has 3 nitrogen and oxygen atoms in total. The van der Waals surface area contributed by atoms with Crippen molar-refractivity contribution >= 4 is 5.97 Å². The summed E-state index contributed by atoms with van der Waals surface area (Å²) >= 11 is 0. The third-order valence-electron chi connectivity index (χ3n) is 9.25. The van der Waals surface area contributed by atoms with Gasteiger partial charge in [0.2, 0.25) is 0 Å². The quantitative estimate of drug-likeness (QED) is 0.144. The zero-order chi connectivity index (χ0) is 24.6. The molecule has 3 fully saturated rings. The molecule has 0 saturated heterocycles. The van der Waals surface area contributed by atoms with Crippen molar-refractivity contribution in [2.24, 2.45) is 35.5 Å². The molecule has 194 valence electrons. The minimum Gasteiger partial charge on any atom is -0.489 e. The van der Waals surface area contributed by atoms with E-state index in [9.17, 15) is 9.18 Å². The fourth-order valence-electron chi connectivity index (χ4n) is 7.34. The molecule has 0 aliphatic heterocycles. The van der Waals surface area contributed by atoms with E-state index in [-0.39, 0.29) is 17.6 Å². The Bertz CT molecular complexity index is 829. The van der Waals surface area contributed by atoms with E-state index < -0.39 is 5.82 Å². The maximum absolute atomic E-state index is 14.5. The number of rotatable bonds is 10. The van der Waals surface area contributed by atoms with Gasteiger partial charge in [0.05, 0.1) is 5.92 Å². The monoisotopic (exact) mass is 484 g/mol. The average Bonchev–Trinajstić information content (AvgIpc) is 2.88. The number of halogens is 1. The molecule has 3 aliphatic rings. The molecule has 0 spiro atoms. The molecule has 3 aliphatic carbocycles. The van der Waals surface area contributed by atoms with Gasteiger partial charge in [0.25, 0.3) is 0 Å². The van der Waals surface area contributed by atoms with Crippen molar-refractivity contribution in [2.75, 3.05) is 6.61 Å². The number of fused-ring (bicyclic) bond motifs is 1. The van der Waals surface area contributed by atoms with Crippen molar-refractivity contribution in [2.45, 2.75) is 96.8 Å². The van der Waals surface area contributed by atoms with Gasteiger partial charge in [-0.1, -0.05) is 70.9 Å². The Morgan fingerprint density at radius 3 is 2.57 bits per heavy atom. The van der Waals surface area contributed by atoms with Crippen LogP contribution in [0.4, 0.5) is 4.39 Å². The molecule has 1 aromatic carbocycles. The standard InChI is InChI=1S/C31H45FO3/c1-3-5-6-8-22-11-13-23(14-12-22)24-15-17-27-25(20-24)9-7-10-28(27)31(33)35-30-18-16-26(21-29(30)32)34-19-4-2/h4,16,18,21-25,27-28H,2-3,5-15,17,19-20H2,1H3. The number of ether oxygens (including phenoxy) is 2. The molecule has 0 bridgehead atoms. The fourth-order valence-corrected chi connectivity index (χ4v) is 7.34. The van der Waals surface area contributed by atoms with Crippen LogP contribution in [0.15, 0.2) is 30.9 Å². The van der Waals surface area contributed by atoms with Gasteiger partial charge in [0.1, 0.15) is 12.4 Å². The minimum atomic E-state index is -0.554. The van der Waals surface area contributed by atoms with Crippen LogP contribution in [-0.2, 0) is 4.79 Å². The van der Waals surface area contributed by atoms with E-state index >= 15 is 0 Å². The number of esters is 1. The normalized spacial score (nSPS) is 30.8. The van der Waals surface area contributed by atoms with E-state index in [2.05, 4.69) is 13.5 Å². The molecule has 3 saturated carbocycles. The second kappa shape index (κ2) is 12.9. The Kier molecular flexibility index (Phi) is 9.68. The smallest absolute Gasteiger partial charge is 0.314 e. The molecule has 0 N–H and O–H groups in total. The lowest BCUT2D eigenvalue weighted by molar-refractivity contribution is -0.144. The van der Waals surface area contributed by atoms with Gasteiger partial charge >= 0.3 is 5.97 Å². The molecule has 4 heteroatoms. The molecule has 0 amide bonds. The number of benzene rings is 1. The number of carbonyl (C=O) groups excluding carboxylic acids is 1. The lowest BCUT2D eigenvalue weighted by atomic mass is 9.59. The molecular weight excluding hydrogens is 439 g/mol. The summed E-state index contributed by atoms with van der Waals surface area (Å²) in [7, 11) is 0. The summed E-state index contributed by atoms with van der Waals surface area (Å²) in [5, 5.41) is 0. The van der Waals surface area contributed by atoms with Gasteiger partial charge in [-0.2, -0.15) is 0 Å². The van der Waals surface area contributed by atoms with Crippen molar-refractivity contribution in [3.05, 3.63) is 36.7 Å². The van der Waals surface area contributed by atoms with E-state index in [1.165, 1.54) is 82.8 Å². The Balaban J connectivity index is 1.28. The highest BCUT2D eigenvalue weighted by Gasteiger charge is 2.43. The highest BCUT2D eigenvalue weighted by Crippen LogP contribution is 2.50. The van der Waals surface area contributed by atoms with E-state index in [1.807, 2.05) is 0 Å². The largest absolute Gasteiger partial charge is 0.489 e. The second-order valence-electron chi connectivity index (χ2n) is 11.4. The number of hydrogen-bond donors (Lipinski definition) is 0. The first-order valence-electron chi connectivity index (χ1n) is 14.3. The van der Waals surface area contributed by atoms with E-state index in [0.29, 0.717) is 24.2 Å². The van der Waals surface area contributed by atoms with Crippen molar-refractivity contribution in [3.8, 4) is 11.5 Å². The Morgan fingerprint density at radius 2 is 1.83 bits per heavy atom. The summed E-state index contributed by atoms with van der Waals surface area (Å²) in [5.74, 6) is 3.24. The van der Waals surface area contributed by atoms with Crippen LogP contribution in [0, 0.1) is 41.3 Å². The fraction of sp³-hybridized carbons (Fsp3) is 0.710. The summed E-state index contributed by atoms with van der Waals surface area (Å²) in [6.07, 6.45) is 19.7. The zero-order valence-electron chi connectivity index (χ0n) is 21.7. The summed E-state index contributed by atoms with van der Waals surface area (Å²) in [6, 6.07) is 4.42. The van der Waals surface area contributed by atoms with Crippen LogP contribution in [0.1, 0.15) is 96.8 Å². The van der Waals surface area contributed by atoms with Crippen molar-refractivity contribution in [1.29, 1.82) is 0 Å². The van der Waals surface area contributed by atoms with Crippen LogP contribution in [0.5, 0.6) is 11.5 Å². The highest BCUT2D eigenvalue weighted by atomic mass is 19.1. The van der Waals surface area contributed by atoms with Crippen LogP contribution < -0.4 is 9.47 Å². The molecule has 1 aromatic rings. The second-order valence-corrected chi connectivity index (χ2v) is 11.4. The van der Waals surface area contributed by atoms with E-state index in [0.717, 1.165) is 37.0 Å². The number of carbonyl (C=O) groups is 1. The van der Waals surface area contributed by atoms with Gasteiger partial charge in [0, 0.05) is 6.07 Å². The van der Waals surface area contributed by atoms with Crippen molar-refractivity contribution < 1.29 is 18.7 Å². The van der Waals surface area contributed by atoms with E-state index in [4.69, 9.17) is 9.47 Å². The van der Waals surface area contributed by atoms with Crippen molar-refractivity contribution in [1.82, 2.24) is 0 Å². The first-order chi connectivity index (χ1) is 17.1. The topological polar surface area (TPSA) is 35.5 Å². The molecule has 4 unspecified atom stereocenters.